The van der Waals surface area contributed by atoms with Crippen LogP contribution in [0.3, 0.4) is 0 Å². The summed E-state index contributed by atoms with van der Waals surface area (Å²) in [6, 6.07) is 1.92. The summed E-state index contributed by atoms with van der Waals surface area (Å²) in [5.41, 5.74) is 0.327. The van der Waals surface area contributed by atoms with Crippen LogP contribution < -0.4 is 5.32 Å². The van der Waals surface area contributed by atoms with Gasteiger partial charge >= 0.3 is 0 Å². The minimum Gasteiger partial charge on any atom is -0.320 e. The Bertz CT molecular complexity index is 530. The minimum absolute atomic E-state index is 0.209. The van der Waals surface area contributed by atoms with Crippen LogP contribution in [0.15, 0.2) is 18.5 Å². The summed E-state index contributed by atoms with van der Waals surface area (Å²) in [4.78, 5) is 0. The maximum atomic E-state index is 12.9. The SMILES string of the molecule is Cn1cnnc1CNCc1cc(F)c(F)c(F)c1. The maximum absolute atomic E-state index is 12.9. The van der Waals surface area contributed by atoms with E-state index in [2.05, 4.69) is 15.5 Å². The summed E-state index contributed by atoms with van der Waals surface area (Å²) >= 11 is 0. The van der Waals surface area contributed by atoms with Gasteiger partial charge in [-0.3, -0.25) is 0 Å². The fourth-order valence-corrected chi connectivity index (χ4v) is 1.50. The van der Waals surface area contributed by atoms with Crippen LogP contribution in [0.1, 0.15) is 11.4 Å². The first-order valence-corrected chi connectivity index (χ1v) is 5.25. The highest BCUT2D eigenvalue weighted by Gasteiger charge is 2.10. The second-order valence-electron chi connectivity index (χ2n) is 3.84. The molecule has 0 spiro atoms. The first kappa shape index (κ1) is 12.6. The zero-order chi connectivity index (χ0) is 13.1. The molecule has 0 unspecified atom stereocenters. The van der Waals surface area contributed by atoms with Gasteiger partial charge in [-0.15, -0.1) is 10.2 Å². The van der Waals surface area contributed by atoms with Crippen molar-refractivity contribution in [3.8, 4) is 0 Å². The molecule has 0 atom stereocenters. The second-order valence-corrected chi connectivity index (χ2v) is 3.84. The highest BCUT2D eigenvalue weighted by atomic mass is 19.2. The number of benzene rings is 1. The molecule has 2 aromatic rings. The summed E-state index contributed by atoms with van der Waals surface area (Å²) in [5.74, 6) is -3.14. The Morgan fingerprint density at radius 2 is 1.83 bits per heavy atom. The van der Waals surface area contributed by atoms with Crippen LogP contribution in [0.25, 0.3) is 0 Å². The molecule has 2 rings (SSSR count). The van der Waals surface area contributed by atoms with Gasteiger partial charge in [0.15, 0.2) is 17.5 Å². The van der Waals surface area contributed by atoms with Gasteiger partial charge in [0.25, 0.3) is 0 Å². The third-order valence-electron chi connectivity index (χ3n) is 2.46. The molecule has 0 saturated carbocycles. The standard InChI is InChI=1S/C11H11F3N4/c1-18-6-16-17-10(18)5-15-4-7-2-8(12)11(14)9(13)3-7/h2-3,6,15H,4-5H2,1H3. The van der Waals surface area contributed by atoms with Crippen LogP contribution in [-0.4, -0.2) is 14.8 Å². The monoisotopic (exact) mass is 256 g/mol. The van der Waals surface area contributed by atoms with Crippen molar-refractivity contribution in [2.75, 3.05) is 0 Å². The van der Waals surface area contributed by atoms with E-state index < -0.39 is 17.5 Å². The molecule has 0 aliphatic heterocycles. The van der Waals surface area contributed by atoms with E-state index in [9.17, 15) is 13.2 Å². The molecule has 1 heterocycles. The molecule has 1 N–H and O–H groups in total. The van der Waals surface area contributed by atoms with Gasteiger partial charge < -0.3 is 9.88 Å². The summed E-state index contributed by atoms with van der Waals surface area (Å²) in [6.07, 6.45) is 1.55. The molecule has 0 radical (unpaired) electrons. The van der Waals surface area contributed by atoms with Crippen LogP contribution in [0, 0.1) is 17.5 Å². The molecule has 1 aromatic carbocycles. The lowest BCUT2D eigenvalue weighted by Gasteiger charge is -2.05. The number of nitrogens with one attached hydrogen (secondary N) is 1. The minimum atomic E-state index is -1.45. The predicted molar refractivity (Wildman–Crippen MR) is 57.9 cm³/mol. The number of rotatable bonds is 4. The zero-order valence-electron chi connectivity index (χ0n) is 9.62. The van der Waals surface area contributed by atoms with E-state index in [-0.39, 0.29) is 6.54 Å². The molecule has 0 fully saturated rings. The topological polar surface area (TPSA) is 42.7 Å². The van der Waals surface area contributed by atoms with Crippen molar-refractivity contribution in [2.45, 2.75) is 13.1 Å². The van der Waals surface area contributed by atoms with E-state index in [4.69, 9.17) is 0 Å². The lowest BCUT2D eigenvalue weighted by Crippen LogP contribution is -2.16. The van der Waals surface area contributed by atoms with Crippen LogP contribution in [0.5, 0.6) is 0 Å². The van der Waals surface area contributed by atoms with Gasteiger partial charge in [-0.25, -0.2) is 13.2 Å². The van der Waals surface area contributed by atoms with E-state index in [1.807, 2.05) is 0 Å². The second kappa shape index (κ2) is 5.18. The van der Waals surface area contributed by atoms with Crippen molar-refractivity contribution < 1.29 is 13.2 Å². The number of aromatic nitrogens is 3. The third-order valence-corrected chi connectivity index (χ3v) is 2.46. The summed E-state index contributed by atoms with van der Waals surface area (Å²) in [6.45, 7) is 0.609. The van der Waals surface area contributed by atoms with Gasteiger partial charge in [0, 0.05) is 13.6 Å². The molecular formula is C11H11F3N4. The zero-order valence-corrected chi connectivity index (χ0v) is 9.62. The van der Waals surface area contributed by atoms with E-state index in [0.717, 1.165) is 12.1 Å². The number of hydrogen-bond acceptors (Lipinski definition) is 3. The molecule has 4 nitrogen and oxygen atoms in total. The lowest BCUT2D eigenvalue weighted by atomic mass is 10.2. The fraction of sp³-hybridized carbons (Fsp3) is 0.273. The maximum Gasteiger partial charge on any atom is 0.194 e. The Hall–Kier alpha value is -1.89. The first-order valence-electron chi connectivity index (χ1n) is 5.25. The van der Waals surface area contributed by atoms with Gasteiger partial charge in [0.05, 0.1) is 6.54 Å². The van der Waals surface area contributed by atoms with Crippen molar-refractivity contribution in [3.63, 3.8) is 0 Å². The Morgan fingerprint density at radius 1 is 1.17 bits per heavy atom. The van der Waals surface area contributed by atoms with Crippen molar-refractivity contribution >= 4 is 0 Å². The van der Waals surface area contributed by atoms with E-state index in [1.54, 1.807) is 17.9 Å². The number of hydrogen-bond donors (Lipinski definition) is 1. The molecule has 0 aliphatic rings. The highest BCUT2D eigenvalue weighted by Crippen LogP contribution is 2.13. The Morgan fingerprint density at radius 3 is 2.39 bits per heavy atom. The van der Waals surface area contributed by atoms with Crippen molar-refractivity contribution in [1.29, 1.82) is 0 Å². The van der Waals surface area contributed by atoms with Crippen molar-refractivity contribution in [3.05, 3.63) is 47.3 Å². The molecule has 0 saturated heterocycles. The molecule has 7 heteroatoms. The normalized spacial score (nSPS) is 10.9. The largest absolute Gasteiger partial charge is 0.320 e. The van der Waals surface area contributed by atoms with Crippen LogP contribution in [0.2, 0.25) is 0 Å². The average Bonchev–Trinajstić information content (AvgIpc) is 2.72. The predicted octanol–water partition coefficient (Wildman–Crippen LogP) is 1.52. The van der Waals surface area contributed by atoms with Gasteiger partial charge in [0.2, 0.25) is 0 Å². The first-order chi connectivity index (χ1) is 8.58. The average molecular weight is 256 g/mol. The van der Waals surface area contributed by atoms with Crippen molar-refractivity contribution in [1.82, 2.24) is 20.1 Å². The van der Waals surface area contributed by atoms with Gasteiger partial charge in [-0.1, -0.05) is 0 Å². The summed E-state index contributed by atoms with van der Waals surface area (Å²) in [7, 11) is 1.79. The molecule has 0 amide bonds. The summed E-state index contributed by atoms with van der Waals surface area (Å²) in [5, 5.41) is 10.5. The fourth-order valence-electron chi connectivity index (χ4n) is 1.50. The highest BCUT2D eigenvalue weighted by molar-refractivity contribution is 5.19. The summed E-state index contributed by atoms with van der Waals surface area (Å²) < 4.78 is 40.3. The van der Waals surface area contributed by atoms with Gasteiger partial charge in [-0.05, 0) is 17.7 Å². The molecule has 96 valence electrons. The van der Waals surface area contributed by atoms with Crippen LogP contribution in [0.4, 0.5) is 13.2 Å². The molecule has 0 bridgehead atoms. The molecule has 1 aromatic heterocycles. The number of aryl methyl sites for hydroxylation is 1. The van der Waals surface area contributed by atoms with E-state index in [1.165, 1.54) is 0 Å². The molecule has 18 heavy (non-hydrogen) atoms. The van der Waals surface area contributed by atoms with Crippen molar-refractivity contribution in [2.24, 2.45) is 7.05 Å². The van der Waals surface area contributed by atoms with Crippen LogP contribution >= 0.6 is 0 Å². The Kier molecular flexibility index (Phi) is 3.61. The van der Waals surface area contributed by atoms with Gasteiger partial charge in [-0.2, -0.15) is 0 Å². The van der Waals surface area contributed by atoms with E-state index in [0.29, 0.717) is 17.9 Å². The van der Waals surface area contributed by atoms with E-state index >= 15 is 0 Å². The number of nitrogens with zero attached hydrogens (tertiary/aromatic N) is 3. The van der Waals surface area contributed by atoms with Crippen LogP contribution in [-0.2, 0) is 20.1 Å². The Balaban J connectivity index is 1.97. The molecule has 0 aliphatic carbocycles. The lowest BCUT2D eigenvalue weighted by molar-refractivity contribution is 0.444. The van der Waals surface area contributed by atoms with Gasteiger partial charge in [0.1, 0.15) is 12.2 Å². The third kappa shape index (κ3) is 2.67. The Labute approximate surface area is 101 Å². The smallest absolute Gasteiger partial charge is 0.194 e. The quantitative estimate of drug-likeness (QED) is 0.843. The molecular weight excluding hydrogens is 245 g/mol. The number of halogens is 3.